The number of H-pyrrole nitrogens is 1. The molecule has 0 unspecified atom stereocenters. The number of nitrogens with one attached hydrogen (secondary N) is 1. The molecule has 3 aromatic rings. The molecule has 1 aliphatic heterocycles. The highest BCUT2D eigenvalue weighted by Gasteiger charge is 2.24. The summed E-state index contributed by atoms with van der Waals surface area (Å²) in [5.74, 6) is 1.46. The van der Waals surface area contributed by atoms with Gasteiger partial charge in [0.15, 0.2) is 11.5 Å². The van der Waals surface area contributed by atoms with Crippen LogP contribution in [0.5, 0.6) is 11.5 Å². The van der Waals surface area contributed by atoms with Gasteiger partial charge >= 0.3 is 0 Å². The molecule has 1 N–H and O–H groups in total. The summed E-state index contributed by atoms with van der Waals surface area (Å²) in [6.07, 6.45) is 3.47. The number of nitrogens with zero attached hydrogens (tertiary/aromatic N) is 2. The summed E-state index contributed by atoms with van der Waals surface area (Å²) in [7, 11) is 3.17. The summed E-state index contributed by atoms with van der Waals surface area (Å²) >= 11 is 0. The predicted octanol–water partition coefficient (Wildman–Crippen LogP) is 3.03. The Morgan fingerprint density at radius 1 is 0.906 bits per heavy atom. The number of hydrogen-bond acceptors (Lipinski definition) is 4. The van der Waals surface area contributed by atoms with Gasteiger partial charge in [0.2, 0.25) is 11.8 Å². The largest absolute Gasteiger partial charge is 0.493 e. The van der Waals surface area contributed by atoms with Crippen molar-refractivity contribution in [1.29, 1.82) is 0 Å². The molecule has 32 heavy (non-hydrogen) atoms. The van der Waals surface area contributed by atoms with Crippen LogP contribution < -0.4 is 9.47 Å². The van der Waals surface area contributed by atoms with E-state index in [4.69, 9.17) is 9.47 Å². The fourth-order valence-corrected chi connectivity index (χ4v) is 4.22. The number of hydrogen-bond donors (Lipinski definition) is 1. The second kappa shape index (κ2) is 9.77. The molecule has 2 aromatic carbocycles. The maximum atomic E-state index is 12.8. The van der Waals surface area contributed by atoms with E-state index in [-0.39, 0.29) is 11.8 Å². The van der Waals surface area contributed by atoms with Crippen molar-refractivity contribution in [2.45, 2.75) is 19.3 Å². The molecule has 2 heterocycles. The van der Waals surface area contributed by atoms with Gasteiger partial charge in [-0.2, -0.15) is 0 Å². The average Bonchev–Trinajstić information content (AvgIpc) is 3.25. The molecule has 1 saturated heterocycles. The Bertz CT molecular complexity index is 1100. The van der Waals surface area contributed by atoms with Crippen molar-refractivity contribution < 1.29 is 19.1 Å². The molecule has 1 aliphatic rings. The van der Waals surface area contributed by atoms with Crippen LogP contribution in [0.15, 0.2) is 48.7 Å². The molecule has 0 aliphatic carbocycles. The van der Waals surface area contributed by atoms with E-state index in [9.17, 15) is 9.59 Å². The Morgan fingerprint density at radius 2 is 1.59 bits per heavy atom. The minimum atomic E-state index is 0.0584. The number of methoxy groups -OCH3 is 2. The Labute approximate surface area is 187 Å². The highest BCUT2D eigenvalue weighted by Crippen LogP contribution is 2.28. The smallest absolute Gasteiger partial charge is 0.227 e. The Hall–Kier alpha value is -3.48. The van der Waals surface area contributed by atoms with Gasteiger partial charge in [0, 0.05) is 49.7 Å². The van der Waals surface area contributed by atoms with E-state index in [0.717, 1.165) is 16.6 Å². The van der Waals surface area contributed by atoms with Gasteiger partial charge in [0.25, 0.3) is 0 Å². The zero-order valence-corrected chi connectivity index (χ0v) is 18.6. The predicted molar refractivity (Wildman–Crippen MR) is 123 cm³/mol. The van der Waals surface area contributed by atoms with Crippen LogP contribution in [0, 0.1) is 0 Å². The van der Waals surface area contributed by atoms with Crippen LogP contribution >= 0.6 is 0 Å². The molecule has 1 aromatic heterocycles. The SMILES string of the molecule is COc1ccc(CC(=O)N2CCN(C(=O)CCc3c[nH]c4ccccc34)CC2)cc1OC. The van der Waals surface area contributed by atoms with Gasteiger partial charge in [0.05, 0.1) is 20.6 Å². The third kappa shape index (κ3) is 4.72. The molecular weight excluding hydrogens is 406 g/mol. The second-order valence-electron chi connectivity index (χ2n) is 7.99. The first-order valence-electron chi connectivity index (χ1n) is 10.9. The molecule has 1 fully saturated rings. The quantitative estimate of drug-likeness (QED) is 0.619. The highest BCUT2D eigenvalue weighted by atomic mass is 16.5. The molecule has 0 radical (unpaired) electrons. The van der Waals surface area contributed by atoms with Crippen molar-refractivity contribution >= 4 is 22.7 Å². The number of carbonyl (C=O) groups is 2. The van der Waals surface area contributed by atoms with Crippen molar-refractivity contribution in [2.24, 2.45) is 0 Å². The van der Waals surface area contributed by atoms with Crippen LogP contribution in [-0.2, 0) is 22.4 Å². The molecule has 7 heteroatoms. The van der Waals surface area contributed by atoms with E-state index in [1.807, 2.05) is 52.4 Å². The summed E-state index contributed by atoms with van der Waals surface area (Å²) in [6, 6.07) is 13.7. The normalized spacial score (nSPS) is 13.9. The number of carbonyl (C=O) groups excluding carboxylic acids is 2. The van der Waals surface area contributed by atoms with Crippen LogP contribution in [0.4, 0.5) is 0 Å². The lowest BCUT2D eigenvalue weighted by Crippen LogP contribution is -2.51. The number of aromatic nitrogens is 1. The number of para-hydroxylation sites is 1. The van der Waals surface area contributed by atoms with E-state index < -0.39 is 0 Å². The van der Waals surface area contributed by atoms with Gasteiger partial charge in [-0.15, -0.1) is 0 Å². The van der Waals surface area contributed by atoms with Crippen LogP contribution in [-0.4, -0.2) is 67.0 Å². The number of aryl methyl sites for hydroxylation is 1. The number of amides is 2. The van der Waals surface area contributed by atoms with E-state index in [2.05, 4.69) is 11.1 Å². The van der Waals surface area contributed by atoms with E-state index >= 15 is 0 Å². The number of aromatic amines is 1. The van der Waals surface area contributed by atoms with Crippen LogP contribution in [0.2, 0.25) is 0 Å². The number of fused-ring (bicyclic) bond motifs is 1. The van der Waals surface area contributed by atoms with Gasteiger partial charge < -0.3 is 24.3 Å². The number of piperazine rings is 1. The lowest BCUT2D eigenvalue weighted by atomic mass is 10.1. The minimum absolute atomic E-state index is 0.0584. The molecule has 0 spiro atoms. The fraction of sp³-hybridized carbons (Fsp3) is 0.360. The third-order valence-electron chi connectivity index (χ3n) is 6.07. The van der Waals surface area contributed by atoms with Gasteiger partial charge in [-0.1, -0.05) is 24.3 Å². The summed E-state index contributed by atoms with van der Waals surface area (Å²) in [4.78, 5) is 32.4. The maximum Gasteiger partial charge on any atom is 0.227 e. The summed E-state index contributed by atoms with van der Waals surface area (Å²) in [6.45, 7) is 2.27. The highest BCUT2D eigenvalue weighted by molar-refractivity contribution is 5.84. The van der Waals surface area contributed by atoms with Gasteiger partial charge in [-0.25, -0.2) is 0 Å². The van der Waals surface area contributed by atoms with Gasteiger partial charge in [0.1, 0.15) is 0 Å². The topological polar surface area (TPSA) is 74.9 Å². The number of benzene rings is 2. The maximum absolute atomic E-state index is 12.8. The Balaban J connectivity index is 1.27. The standard InChI is InChI=1S/C25H29N3O4/c1-31-22-9-7-18(15-23(22)32-2)16-25(30)28-13-11-27(12-14-28)24(29)10-8-19-17-26-21-6-4-3-5-20(19)21/h3-7,9,15,17,26H,8,10-14,16H2,1-2H3. The zero-order valence-electron chi connectivity index (χ0n) is 18.6. The molecule has 0 atom stereocenters. The number of rotatable bonds is 7. The monoisotopic (exact) mass is 435 g/mol. The first kappa shape index (κ1) is 21.7. The first-order chi connectivity index (χ1) is 15.6. The Kier molecular flexibility index (Phi) is 6.63. The molecule has 4 rings (SSSR count). The summed E-state index contributed by atoms with van der Waals surface area (Å²) in [5, 5.41) is 1.17. The van der Waals surface area contributed by atoms with Gasteiger partial charge in [-0.3, -0.25) is 9.59 Å². The average molecular weight is 436 g/mol. The van der Waals surface area contributed by atoms with E-state index in [0.29, 0.717) is 56.9 Å². The molecular formula is C25H29N3O4. The van der Waals surface area contributed by atoms with E-state index in [1.165, 1.54) is 5.39 Å². The summed E-state index contributed by atoms with van der Waals surface area (Å²) in [5.41, 5.74) is 3.14. The van der Waals surface area contributed by atoms with Gasteiger partial charge in [-0.05, 0) is 35.7 Å². The fourth-order valence-electron chi connectivity index (χ4n) is 4.22. The van der Waals surface area contributed by atoms with Crippen molar-refractivity contribution in [2.75, 3.05) is 40.4 Å². The number of ether oxygens (including phenoxy) is 2. The third-order valence-corrected chi connectivity index (χ3v) is 6.07. The van der Waals surface area contributed by atoms with Crippen molar-refractivity contribution in [1.82, 2.24) is 14.8 Å². The summed E-state index contributed by atoms with van der Waals surface area (Å²) < 4.78 is 10.6. The van der Waals surface area contributed by atoms with Crippen LogP contribution in [0.1, 0.15) is 17.5 Å². The molecule has 0 bridgehead atoms. The lowest BCUT2D eigenvalue weighted by molar-refractivity contribution is -0.139. The van der Waals surface area contributed by atoms with E-state index in [1.54, 1.807) is 14.2 Å². The first-order valence-corrected chi connectivity index (χ1v) is 10.9. The lowest BCUT2D eigenvalue weighted by Gasteiger charge is -2.35. The molecule has 168 valence electrons. The molecule has 0 saturated carbocycles. The second-order valence-corrected chi connectivity index (χ2v) is 7.99. The Morgan fingerprint density at radius 3 is 2.31 bits per heavy atom. The van der Waals surface area contributed by atoms with Crippen LogP contribution in [0.3, 0.4) is 0 Å². The molecule has 2 amide bonds. The molecule has 7 nitrogen and oxygen atoms in total. The zero-order chi connectivity index (χ0) is 22.5. The van der Waals surface area contributed by atoms with Crippen molar-refractivity contribution in [3.8, 4) is 11.5 Å². The van der Waals surface area contributed by atoms with Crippen molar-refractivity contribution in [3.05, 3.63) is 59.8 Å². The van der Waals surface area contributed by atoms with Crippen molar-refractivity contribution in [3.63, 3.8) is 0 Å². The minimum Gasteiger partial charge on any atom is -0.493 e. The van der Waals surface area contributed by atoms with Crippen LogP contribution in [0.25, 0.3) is 10.9 Å².